The van der Waals surface area contributed by atoms with Crippen LogP contribution in [0.5, 0.6) is 0 Å². The van der Waals surface area contributed by atoms with Crippen molar-refractivity contribution in [2.24, 2.45) is 0 Å². The summed E-state index contributed by atoms with van der Waals surface area (Å²) in [6.07, 6.45) is 2.84. The number of fused-ring (bicyclic) bond motifs is 1. The molecule has 18 heavy (non-hydrogen) atoms. The maximum absolute atomic E-state index is 10.9. The molecule has 0 atom stereocenters. The third kappa shape index (κ3) is 1.51. The molecule has 0 aliphatic rings. The molecular weight excluding hydrogens is 254 g/mol. The second-order valence-electron chi connectivity index (χ2n) is 3.52. The summed E-state index contributed by atoms with van der Waals surface area (Å²) in [4.78, 5) is 19.9. The summed E-state index contributed by atoms with van der Waals surface area (Å²) in [6.45, 7) is 0. The highest BCUT2D eigenvalue weighted by Crippen LogP contribution is 2.23. The molecule has 0 bridgehead atoms. The van der Waals surface area contributed by atoms with Crippen LogP contribution >= 0.6 is 11.3 Å². The summed E-state index contributed by atoms with van der Waals surface area (Å²) < 4.78 is 1.36. The molecule has 0 aliphatic carbocycles. The lowest BCUT2D eigenvalue weighted by atomic mass is 10.4. The zero-order valence-electron chi connectivity index (χ0n) is 8.94. The third-order valence-electron chi connectivity index (χ3n) is 2.40. The van der Waals surface area contributed by atoms with E-state index in [1.807, 2.05) is 11.4 Å². The van der Waals surface area contributed by atoms with Crippen molar-refractivity contribution in [3.05, 3.63) is 29.7 Å². The minimum Gasteiger partial charge on any atom is -0.476 e. The summed E-state index contributed by atoms with van der Waals surface area (Å²) >= 11 is 1.47. The van der Waals surface area contributed by atoms with E-state index in [2.05, 4.69) is 15.1 Å². The van der Waals surface area contributed by atoms with Crippen LogP contribution in [0.4, 0.5) is 5.69 Å². The Balaban J connectivity index is 2.23. The van der Waals surface area contributed by atoms with Crippen LogP contribution < -0.4 is 5.73 Å². The summed E-state index contributed by atoms with van der Waals surface area (Å²) in [5, 5.41) is 15.5. The lowest BCUT2D eigenvalue weighted by Crippen LogP contribution is -2.03. The van der Waals surface area contributed by atoms with Crippen molar-refractivity contribution < 1.29 is 9.90 Å². The van der Waals surface area contributed by atoms with Crippen molar-refractivity contribution in [1.29, 1.82) is 0 Å². The molecule has 0 amide bonds. The van der Waals surface area contributed by atoms with E-state index < -0.39 is 5.97 Å². The second-order valence-corrected chi connectivity index (χ2v) is 4.41. The van der Waals surface area contributed by atoms with Gasteiger partial charge in [0.15, 0.2) is 11.5 Å². The minimum atomic E-state index is -1.16. The van der Waals surface area contributed by atoms with E-state index in [-0.39, 0.29) is 11.4 Å². The van der Waals surface area contributed by atoms with Crippen molar-refractivity contribution in [2.75, 3.05) is 5.73 Å². The van der Waals surface area contributed by atoms with Crippen molar-refractivity contribution in [1.82, 2.24) is 19.7 Å². The predicted molar refractivity (Wildman–Crippen MR) is 65.9 cm³/mol. The van der Waals surface area contributed by atoms with E-state index in [9.17, 15) is 4.79 Å². The largest absolute Gasteiger partial charge is 0.476 e. The Morgan fingerprint density at radius 2 is 2.28 bits per heavy atom. The topological polar surface area (TPSA) is 107 Å². The molecule has 3 rings (SSSR count). The Labute approximate surface area is 105 Å². The van der Waals surface area contributed by atoms with Crippen molar-refractivity contribution in [3.8, 4) is 5.82 Å². The number of nitrogens with zero attached hydrogens (tertiary/aromatic N) is 4. The van der Waals surface area contributed by atoms with Gasteiger partial charge in [0.2, 0.25) is 0 Å². The Hall–Kier alpha value is -2.48. The standard InChI is InChI=1S/C10H7N5O2S/c11-6-3-15(14-7(6)10(16)17)8-5-1-2-18-9(5)13-4-12-8/h1-4H,11H2,(H,16,17). The number of carboxylic acids is 1. The van der Waals surface area contributed by atoms with E-state index in [1.165, 1.54) is 28.5 Å². The monoisotopic (exact) mass is 261 g/mol. The first-order valence-corrected chi connectivity index (χ1v) is 5.82. The van der Waals surface area contributed by atoms with Crippen LogP contribution in [-0.2, 0) is 0 Å². The van der Waals surface area contributed by atoms with Gasteiger partial charge < -0.3 is 10.8 Å². The average molecular weight is 261 g/mol. The molecule has 0 radical (unpaired) electrons. The fraction of sp³-hybridized carbons (Fsp3) is 0. The van der Waals surface area contributed by atoms with Gasteiger partial charge in [0.05, 0.1) is 17.3 Å². The van der Waals surface area contributed by atoms with Gasteiger partial charge in [0.25, 0.3) is 0 Å². The van der Waals surface area contributed by atoms with Crippen LogP contribution in [0.1, 0.15) is 10.5 Å². The van der Waals surface area contributed by atoms with E-state index in [1.54, 1.807) is 0 Å². The number of anilines is 1. The van der Waals surface area contributed by atoms with E-state index in [4.69, 9.17) is 10.8 Å². The van der Waals surface area contributed by atoms with Crippen molar-refractivity contribution >= 4 is 33.2 Å². The summed E-state index contributed by atoms with van der Waals surface area (Å²) in [5.41, 5.74) is 5.51. The fourth-order valence-corrected chi connectivity index (χ4v) is 2.35. The average Bonchev–Trinajstić information content (AvgIpc) is 2.94. The van der Waals surface area contributed by atoms with Gasteiger partial charge in [-0.05, 0) is 11.4 Å². The van der Waals surface area contributed by atoms with Gasteiger partial charge >= 0.3 is 5.97 Å². The maximum Gasteiger partial charge on any atom is 0.358 e. The molecule has 0 aliphatic heterocycles. The third-order valence-corrected chi connectivity index (χ3v) is 3.22. The molecule has 0 spiro atoms. The molecule has 8 heteroatoms. The van der Waals surface area contributed by atoms with Gasteiger partial charge in [-0.15, -0.1) is 11.3 Å². The number of carbonyl (C=O) groups is 1. The van der Waals surface area contributed by atoms with Gasteiger partial charge in [-0.1, -0.05) is 0 Å². The Morgan fingerprint density at radius 1 is 1.44 bits per heavy atom. The molecule has 0 aromatic carbocycles. The van der Waals surface area contributed by atoms with E-state index in [0.717, 1.165) is 10.2 Å². The molecule has 3 N–H and O–H groups in total. The smallest absolute Gasteiger partial charge is 0.358 e. The van der Waals surface area contributed by atoms with Crippen molar-refractivity contribution in [2.45, 2.75) is 0 Å². The first kappa shape index (κ1) is 10.7. The molecule has 3 aromatic heterocycles. The zero-order valence-corrected chi connectivity index (χ0v) is 9.76. The summed E-state index contributed by atoms with van der Waals surface area (Å²) in [6, 6.07) is 1.85. The molecule has 0 fully saturated rings. The number of nitrogens with two attached hydrogens (primary N) is 1. The first-order chi connectivity index (χ1) is 8.66. The van der Waals surface area contributed by atoms with Crippen LogP contribution in [0.2, 0.25) is 0 Å². The fourth-order valence-electron chi connectivity index (χ4n) is 1.62. The van der Waals surface area contributed by atoms with Gasteiger partial charge in [0.1, 0.15) is 11.2 Å². The molecule has 0 unspecified atom stereocenters. The molecule has 90 valence electrons. The van der Waals surface area contributed by atoms with Crippen LogP contribution in [0.25, 0.3) is 16.0 Å². The number of aromatic carboxylic acids is 1. The van der Waals surface area contributed by atoms with Gasteiger partial charge in [-0.3, -0.25) is 0 Å². The van der Waals surface area contributed by atoms with E-state index in [0.29, 0.717) is 5.82 Å². The highest BCUT2D eigenvalue weighted by atomic mass is 32.1. The second kappa shape index (κ2) is 3.77. The Kier molecular flexibility index (Phi) is 2.23. The Bertz CT molecular complexity index is 748. The Morgan fingerprint density at radius 3 is 3.00 bits per heavy atom. The van der Waals surface area contributed by atoms with Crippen LogP contribution in [0.3, 0.4) is 0 Å². The quantitative estimate of drug-likeness (QED) is 0.716. The van der Waals surface area contributed by atoms with Crippen LogP contribution in [0, 0.1) is 0 Å². The maximum atomic E-state index is 10.9. The van der Waals surface area contributed by atoms with Gasteiger partial charge in [-0.25, -0.2) is 19.4 Å². The predicted octanol–water partition coefficient (Wildman–Crippen LogP) is 1.16. The first-order valence-electron chi connectivity index (χ1n) is 4.94. The minimum absolute atomic E-state index is 0.101. The summed E-state index contributed by atoms with van der Waals surface area (Å²) in [5.74, 6) is -0.651. The molecule has 3 aromatic rings. The number of thiophene rings is 1. The van der Waals surface area contributed by atoms with Gasteiger partial charge in [-0.2, -0.15) is 5.10 Å². The number of nitrogen functional groups attached to an aromatic ring is 1. The number of hydrogen-bond donors (Lipinski definition) is 2. The van der Waals surface area contributed by atoms with Crippen LogP contribution in [-0.4, -0.2) is 30.8 Å². The normalized spacial score (nSPS) is 10.9. The molecular formula is C10H7N5O2S. The zero-order chi connectivity index (χ0) is 12.7. The van der Waals surface area contributed by atoms with Crippen LogP contribution in [0.15, 0.2) is 24.0 Å². The number of hydrogen-bond acceptors (Lipinski definition) is 6. The van der Waals surface area contributed by atoms with E-state index >= 15 is 0 Å². The molecule has 3 heterocycles. The molecule has 0 saturated heterocycles. The highest BCUT2D eigenvalue weighted by molar-refractivity contribution is 7.16. The lowest BCUT2D eigenvalue weighted by molar-refractivity contribution is 0.0691. The lowest BCUT2D eigenvalue weighted by Gasteiger charge is -2.00. The van der Waals surface area contributed by atoms with Gasteiger partial charge in [0, 0.05) is 0 Å². The SMILES string of the molecule is Nc1cn(-c2ncnc3sccc23)nc1C(=O)O. The summed E-state index contributed by atoms with van der Waals surface area (Å²) in [7, 11) is 0. The highest BCUT2D eigenvalue weighted by Gasteiger charge is 2.16. The van der Waals surface area contributed by atoms with Crippen molar-refractivity contribution in [3.63, 3.8) is 0 Å². The number of aromatic nitrogens is 4. The molecule has 0 saturated carbocycles. The molecule has 7 nitrogen and oxygen atoms in total. The number of carboxylic acid groups (broad SMARTS) is 1. The number of rotatable bonds is 2.